The highest BCUT2D eigenvalue weighted by molar-refractivity contribution is 5.77. The molecule has 0 unspecified atom stereocenters. The number of rotatable bonds is 3. The van der Waals surface area contributed by atoms with E-state index in [9.17, 15) is 4.79 Å². The normalized spacial score (nSPS) is 18.4. The smallest absolute Gasteiger partial charge is 0.150 e. The Morgan fingerprint density at radius 1 is 1.12 bits per heavy atom. The number of nitrogens with zero attached hydrogens (tertiary/aromatic N) is 1. The topological polar surface area (TPSA) is 64.8 Å². The van der Waals surface area contributed by atoms with Crippen molar-refractivity contribution < 1.29 is 14.3 Å². The molecule has 0 radical (unpaired) electrons. The van der Waals surface area contributed by atoms with Gasteiger partial charge in [0.15, 0.2) is 0 Å². The molecule has 0 spiro atoms. The minimum Gasteiger partial charge on any atom is -0.381 e. The molecule has 5 heteroatoms. The van der Waals surface area contributed by atoms with Crippen molar-refractivity contribution in [3.05, 3.63) is 34.9 Å². The SMILES string of the molecule is CC.Cc1ccc(CN2CCOCC2)cc1C=O.NC1CCOCC1. The average molecular weight is 351 g/mol. The number of ether oxygens (including phenoxy) is 2. The first-order valence-electron chi connectivity index (χ1n) is 9.37. The molecule has 3 rings (SSSR count). The van der Waals surface area contributed by atoms with Crippen LogP contribution in [0.1, 0.15) is 48.2 Å². The highest BCUT2D eigenvalue weighted by Crippen LogP contribution is 2.12. The van der Waals surface area contributed by atoms with Crippen LogP contribution in [0.25, 0.3) is 0 Å². The summed E-state index contributed by atoms with van der Waals surface area (Å²) in [6, 6.07) is 6.50. The van der Waals surface area contributed by atoms with E-state index in [-0.39, 0.29) is 0 Å². The van der Waals surface area contributed by atoms with Gasteiger partial charge in [0.1, 0.15) is 6.29 Å². The first kappa shape index (κ1) is 21.8. The van der Waals surface area contributed by atoms with E-state index in [0.717, 1.165) is 76.3 Å². The predicted octanol–water partition coefficient (Wildman–Crippen LogP) is 2.79. The molecule has 0 amide bonds. The van der Waals surface area contributed by atoms with Crippen LogP contribution in [0.15, 0.2) is 18.2 Å². The molecular formula is C20H34N2O3. The third-order valence-electron chi connectivity index (χ3n) is 4.25. The number of aldehydes is 1. The summed E-state index contributed by atoms with van der Waals surface area (Å²) in [5.41, 5.74) is 8.60. The summed E-state index contributed by atoms with van der Waals surface area (Å²) in [7, 11) is 0. The van der Waals surface area contributed by atoms with Crippen molar-refractivity contribution in [2.24, 2.45) is 5.73 Å². The van der Waals surface area contributed by atoms with Crippen LogP contribution in [0.4, 0.5) is 0 Å². The first-order valence-corrected chi connectivity index (χ1v) is 9.37. The highest BCUT2D eigenvalue weighted by atomic mass is 16.5. The molecule has 0 aliphatic carbocycles. The fourth-order valence-corrected chi connectivity index (χ4v) is 2.65. The Bertz CT molecular complexity index is 482. The number of hydrogen-bond donors (Lipinski definition) is 1. The molecule has 0 aromatic heterocycles. The number of carbonyl (C=O) groups is 1. The second-order valence-corrected chi connectivity index (χ2v) is 6.15. The number of aryl methyl sites for hydroxylation is 1. The van der Waals surface area contributed by atoms with E-state index >= 15 is 0 Å². The molecule has 2 aliphatic rings. The molecule has 2 N–H and O–H groups in total. The molecule has 25 heavy (non-hydrogen) atoms. The summed E-state index contributed by atoms with van der Waals surface area (Å²) in [5.74, 6) is 0. The first-order chi connectivity index (χ1) is 12.2. The zero-order valence-electron chi connectivity index (χ0n) is 16.0. The van der Waals surface area contributed by atoms with E-state index < -0.39 is 0 Å². The van der Waals surface area contributed by atoms with Gasteiger partial charge >= 0.3 is 0 Å². The van der Waals surface area contributed by atoms with Crippen molar-refractivity contribution in [1.82, 2.24) is 4.90 Å². The van der Waals surface area contributed by atoms with Gasteiger partial charge in [0.05, 0.1) is 13.2 Å². The molecule has 0 bridgehead atoms. The Hall–Kier alpha value is -1.27. The highest BCUT2D eigenvalue weighted by Gasteiger charge is 2.11. The molecule has 2 heterocycles. The second kappa shape index (κ2) is 13.0. The van der Waals surface area contributed by atoms with Crippen molar-refractivity contribution in [1.29, 1.82) is 0 Å². The largest absolute Gasteiger partial charge is 0.381 e. The molecule has 0 saturated carbocycles. The third-order valence-corrected chi connectivity index (χ3v) is 4.25. The lowest BCUT2D eigenvalue weighted by Crippen LogP contribution is -2.35. The van der Waals surface area contributed by atoms with Crippen LogP contribution in [0.2, 0.25) is 0 Å². The Kier molecular flexibility index (Phi) is 11.3. The Morgan fingerprint density at radius 2 is 1.72 bits per heavy atom. The van der Waals surface area contributed by atoms with E-state index in [0.29, 0.717) is 6.04 Å². The van der Waals surface area contributed by atoms with Gasteiger partial charge in [0.2, 0.25) is 0 Å². The fourth-order valence-electron chi connectivity index (χ4n) is 2.65. The molecule has 2 fully saturated rings. The number of nitrogens with two attached hydrogens (primary N) is 1. The van der Waals surface area contributed by atoms with Crippen molar-refractivity contribution in [2.75, 3.05) is 39.5 Å². The van der Waals surface area contributed by atoms with Crippen LogP contribution in [0, 0.1) is 6.92 Å². The molecule has 2 saturated heterocycles. The van der Waals surface area contributed by atoms with Crippen molar-refractivity contribution >= 4 is 6.29 Å². The number of carbonyl (C=O) groups excluding carboxylic acids is 1. The molecule has 142 valence electrons. The van der Waals surface area contributed by atoms with E-state index in [1.165, 1.54) is 5.56 Å². The lowest BCUT2D eigenvalue weighted by molar-refractivity contribution is 0.0342. The van der Waals surface area contributed by atoms with Crippen molar-refractivity contribution in [3.63, 3.8) is 0 Å². The molecule has 1 aromatic carbocycles. The summed E-state index contributed by atoms with van der Waals surface area (Å²) in [6.07, 6.45) is 3.01. The Labute approximate surface area is 152 Å². The molecule has 5 nitrogen and oxygen atoms in total. The van der Waals surface area contributed by atoms with Gasteiger partial charge < -0.3 is 15.2 Å². The second-order valence-electron chi connectivity index (χ2n) is 6.15. The van der Waals surface area contributed by atoms with Crippen molar-refractivity contribution in [2.45, 2.75) is 46.2 Å². The van der Waals surface area contributed by atoms with Crippen LogP contribution in [-0.4, -0.2) is 56.7 Å². The number of morpholine rings is 1. The van der Waals surface area contributed by atoms with E-state index in [1.54, 1.807) is 0 Å². The lowest BCUT2D eigenvalue weighted by Gasteiger charge is -2.26. The van der Waals surface area contributed by atoms with Gasteiger partial charge in [0, 0.05) is 44.5 Å². The maximum absolute atomic E-state index is 10.8. The maximum Gasteiger partial charge on any atom is 0.150 e. The quantitative estimate of drug-likeness (QED) is 0.849. The summed E-state index contributed by atoms with van der Waals surface area (Å²) < 4.78 is 10.4. The standard InChI is InChI=1S/C13H17NO2.C5H11NO.C2H6/c1-11-2-3-12(8-13(11)10-15)9-14-4-6-16-7-5-14;6-5-1-3-7-4-2-5;1-2/h2-3,8,10H,4-7,9H2,1H3;5H,1-4,6H2;1-2H3. The van der Waals surface area contributed by atoms with E-state index in [2.05, 4.69) is 11.0 Å². The minimum atomic E-state index is 0.411. The van der Waals surface area contributed by atoms with Gasteiger partial charge in [0.25, 0.3) is 0 Å². The van der Waals surface area contributed by atoms with Crippen LogP contribution in [-0.2, 0) is 16.0 Å². The summed E-state index contributed by atoms with van der Waals surface area (Å²) in [4.78, 5) is 13.2. The summed E-state index contributed by atoms with van der Waals surface area (Å²) in [5, 5.41) is 0. The van der Waals surface area contributed by atoms with E-state index in [4.69, 9.17) is 15.2 Å². The van der Waals surface area contributed by atoms with Gasteiger partial charge in [-0.1, -0.05) is 26.0 Å². The summed E-state index contributed by atoms with van der Waals surface area (Å²) in [6.45, 7) is 12.2. The van der Waals surface area contributed by atoms with Gasteiger partial charge in [-0.3, -0.25) is 9.69 Å². The average Bonchev–Trinajstić information content (AvgIpc) is 2.67. The Morgan fingerprint density at radius 3 is 2.24 bits per heavy atom. The maximum atomic E-state index is 10.8. The lowest BCUT2D eigenvalue weighted by atomic mass is 10.1. The molecule has 0 atom stereocenters. The van der Waals surface area contributed by atoms with Gasteiger partial charge in [-0.15, -0.1) is 0 Å². The third kappa shape index (κ3) is 8.59. The monoisotopic (exact) mass is 350 g/mol. The van der Waals surface area contributed by atoms with Crippen molar-refractivity contribution in [3.8, 4) is 0 Å². The van der Waals surface area contributed by atoms with Crippen LogP contribution in [0.5, 0.6) is 0 Å². The zero-order chi connectivity index (χ0) is 18.5. The summed E-state index contributed by atoms with van der Waals surface area (Å²) >= 11 is 0. The van der Waals surface area contributed by atoms with E-state index in [1.807, 2.05) is 32.9 Å². The Balaban J connectivity index is 0.000000290. The molecular weight excluding hydrogens is 316 g/mol. The number of hydrogen-bond acceptors (Lipinski definition) is 5. The fraction of sp³-hybridized carbons (Fsp3) is 0.650. The van der Waals surface area contributed by atoms with Gasteiger partial charge in [-0.05, 0) is 37.0 Å². The van der Waals surface area contributed by atoms with Gasteiger partial charge in [-0.2, -0.15) is 0 Å². The van der Waals surface area contributed by atoms with Crippen LogP contribution < -0.4 is 5.73 Å². The molecule has 1 aromatic rings. The minimum absolute atomic E-state index is 0.411. The molecule has 2 aliphatic heterocycles. The predicted molar refractivity (Wildman–Crippen MR) is 102 cm³/mol. The van der Waals surface area contributed by atoms with Crippen LogP contribution in [0.3, 0.4) is 0 Å². The van der Waals surface area contributed by atoms with Gasteiger partial charge in [-0.25, -0.2) is 0 Å². The zero-order valence-corrected chi connectivity index (χ0v) is 16.0. The van der Waals surface area contributed by atoms with Crippen LogP contribution >= 0.6 is 0 Å². The number of benzene rings is 1.